The lowest BCUT2D eigenvalue weighted by Crippen LogP contribution is -2.18. The molecule has 106 valence electrons. The Hall–Kier alpha value is -1.32. The fraction of sp³-hybridized carbons (Fsp3) is 0.294. The summed E-state index contributed by atoms with van der Waals surface area (Å²) < 4.78 is 6.94. The molecule has 0 aliphatic carbocycles. The summed E-state index contributed by atoms with van der Waals surface area (Å²) in [5, 5.41) is 0. The van der Waals surface area contributed by atoms with Gasteiger partial charge >= 0.3 is 0 Å². The van der Waals surface area contributed by atoms with E-state index in [-0.39, 0.29) is 6.04 Å². The molecule has 20 heavy (non-hydrogen) atoms. The number of rotatable bonds is 5. The number of hydrogen-bond acceptors (Lipinski definition) is 2. The second-order valence-corrected chi connectivity index (χ2v) is 6.07. The summed E-state index contributed by atoms with van der Waals surface area (Å²) in [7, 11) is 0. The number of ether oxygens (including phenoxy) is 1. The minimum absolute atomic E-state index is 0.137. The predicted octanol–water partition coefficient (Wildman–Crippen LogP) is 4.23. The quantitative estimate of drug-likeness (QED) is 0.888. The van der Waals surface area contributed by atoms with Crippen molar-refractivity contribution in [3.8, 4) is 5.75 Å². The van der Waals surface area contributed by atoms with Gasteiger partial charge in [0.15, 0.2) is 0 Å². The van der Waals surface area contributed by atoms with Crippen LogP contribution in [0.4, 0.5) is 0 Å². The van der Waals surface area contributed by atoms with Gasteiger partial charge in [-0.25, -0.2) is 0 Å². The molecule has 0 amide bonds. The van der Waals surface area contributed by atoms with E-state index in [4.69, 9.17) is 10.5 Å². The van der Waals surface area contributed by atoms with E-state index in [9.17, 15) is 0 Å². The highest BCUT2D eigenvalue weighted by Gasteiger charge is 2.05. The molecule has 0 bridgehead atoms. The van der Waals surface area contributed by atoms with Crippen LogP contribution >= 0.6 is 15.9 Å². The molecule has 2 N–H and O–H groups in total. The van der Waals surface area contributed by atoms with E-state index in [0.29, 0.717) is 6.61 Å². The van der Waals surface area contributed by atoms with Crippen LogP contribution in [0, 0.1) is 6.92 Å². The van der Waals surface area contributed by atoms with Gasteiger partial charge in [-0.15, -0.1) is 0 Å². The predicted molar refractivity (Wildman–Crippen MR) is 87.0 cm³/mol. The first-order chi connectivity index (χ1) is 9.54. The van der Waals surface area contributed by atoms with E-state index >= 15 is 0 Å². The maximum atomic E-state index is 5.86. The average Bonchev–Trinajstić information content (AvgIpc) is 2.39. The molecular weight excluding hydrogens is 314 g/mol. The van der Waals surface area contributed by atoms with Crippen molar-refractivity contribution < 1.29 is 4.74 Å². The van der Waals surface area contributed by atoms with Crippen LogP contribution in [0.3, 0.4) is 0 Å². The van der Waals surface area contributed by atoms with Crippen LogP contribution in [0.2, 0.25) is 0 Å². The molecule has 0 spiro atoms. The number of aryl methyl sites for hydroxylation is 1. The van der Waals surface area contributed by atoms with Crippen molar-refractivity contribution in [2.75, 3.05) is 0 Å². The monoisotopic (exact) mass is 333 g/mol. The van der Waals surface area contributed by atoms with Gasteiger partial charge in [0, 0.05) is 10.5 Å². The lowest BCUT2D eigenvalue weighted by molar-refractivity contribution is 0.305. The maximum Gasteiger partial charge on any atom is 0.120 e. The van der Waals surface area contributed by atoms with E-state index in [2.05, 4.69) is 53.2 Å². The van der Waals surface area contributed by atoms with Gasteiger partial charge in [-0.3, -0.25) is 0 Å². The number of hydrogen-bond donors (Lipinski definition) is 1. The van der Waals surface area contributed by atoms with E-state index in [1.54, 1.807) is 0 Å². The van der Waals surface area contributed by atoms with E-state index < -0.39 is 0 Å². The van der Waals surface area contributed by atoms with Gasteiger partial charge < -0.3 is 10.5 Å². The zero-order chi connectivity index (χ0) is 14.5. The lowest BCUT2D eigenvalue weighted by Gasteiger charge is -2.11. The normalized spacial score (nSPS) is 12.2. The molecule has 0 saturated heterocycles. The summed E-state index contributed by atoms with van der Waals surface area (Å²) in [5.41, 5.74) is 9.48. The summed E-state index contributed by atoms with van der Waals surface area (Å²) >= 11 is 3.55. The molecule has 0 aromatic heterocycles. The Morgan fingerprint density at radius 1 is 1.20 bits per heavy atom. The standard InChI is InChI=1S/C17H20BrNO/c1-12-4-3-5-14(8-12)11-20-16-6-7-17(18)15(10-16)9-13(2)19/h3-8,10,13H,9,11,19H2,1-2H3. The summed E-state index contributed by atoms with van der Waals surface area (Å²) in [4.78, 5) is 0. The third-order valence-electron chi connectivity index (χ3n) is 3.05. The van der Waals surface area contributed by atoms with Crippen molar-refractivity contribution in [2.24, 2.45) is 5.73 Å². The molecule has 0 aliphatic heterocycles. The van der Waals surface area contributed by atoms with Gasteiger partial charge in [0.1, 0.15) is 12.4 Å². The second-order valence-electron chi connectivity index (χ2n) is 5.21. The van der Waals surface area contributed by atoms with Crippen LogP contribution < -0.4 is 10.5 Å². The molecule has 2 rings (SSSR count). The molecule has 3 heteroatoms. The van der Waals surface area contributed by atoms with E-state index in [0.717, 1.165) is 16.6 Å². The second kappa shape index (κ2) is 6.91. The molecule has 2 aromatic rings. The Labute approximate surface area is 129 Å². The minimum Gasteiger partial charge on any atom is -0.489 e. The maximum absolute atomic E-state index is 5.86. The fourth-order valence-corrected chi connectivity index (χ4v) is 2.52. The van der Waals surface area contributed by atoms with Crippen molar-refractivity contribution in [2.45, 2.75) is 32.9 Å². The molecule has 0 fully saturated rings. The molecule has 0 aliphatic rings. The Kier molecular flexibility index (Phi) is 5.21. The smallest absolute Gasteiger partial charge is 0.120 e. The molecule has 0 radical (unpaired) electrons. The number of benzene rings is 2. The molecule has 1 atom stereocenters. The Balaban J connectivity index is 2.06. The lowest BCUT2D eigenvalue weighted by atomic mass is 10.1. The van der Waals surface area contributed by atoms with Gasteiger partial charge in [0.25, 0.3) is 0 Å². The first kappa shape index (κ1) is 15.1. The van der Waals surface area contributed by atoms with Crippen LogP contribution in [0.1, 0.15) is 23.6 Å². The largest absolute Gasteiger partial charge is 0.489 e. The Morgan fingerprint density at radius 3 is 2.70 bits per heavy atom. The first-order valence-electron chi connectivity index (χ1n) is 6.77. The molecule has 1 unspecified atom stereocenters. The Morgan fingerprint density at radius 2 is 2.00 bits per heavy atom. The van der Waals surface area contributed by atoms with Crippen LogP contribution in [-0.4, -0.2) is 6.04 Å². The van der Waals surface area contributed by atoms with E-state index in [1.165, 1.54) is 16.7 Å². The number of halogens is 1. The van der Waals surface area contributed by atoms with Crippen molar-refractivity contribution in [3.05, 3.63) is 63.6 Å². The SMILES string of the molecule is Cc1cccc(COc2ccc(Br)c(CC(C)N)c2)c1. The zero-order valence-corrected chi connectivity index (χ0v) is 13.5. The van der Waals surface area contributed by atoms with Crippen molar-refractivity contribution in [1.29, 1.82) is 0 Å². The van der Waals surface area contributed by atoms with Crippen LogP contribution in [0.25, 0.3) is 0 Å². The van der Waals surface area contributed by atoms with Gasteiger partial charge in [-0.1, -0.05) is 45.8 Å². The van der Waals surface area contributed by atoms with Gasteiger partial charge in [0.2, 0.25) is 0 Å². The van der Waals surface area contributed by atoms with Gasteiger partial charge in [-0.2, -0.15) is 0 Å². The summed E-state index contributed by atoms with van der Waals surface area (Å²) in [6.07, 6.45) is 0.836. The van der Waals surface area contributed by atoms with E-state index in [1.807, 2.05) is 19.1 Å². The highest BCUT2D eigenvalue weighted by atomic mass is 79.9. The van der Waals surface area contributed by atoms with Gasteiger partial charge in [-0.05, 0) is 49.6 Å². The van der Waals surface area contributed by atoms with Crippen LogP contribution in [0.15, 0.2) is 46.9 Å². The van der Waals surface area contributed by atoms with Crippen molar-refractivity contribution in [1.82, 2.24) is 0 Å². The highest BCUT2D eigenvalue weighted by Crippen LogP contribution is 2.24. The fourth-order valence-electron chi connectivity index (χ4n) is 2.11. The molecule has 2 nitrogen and oxygen atoms in total. The third-order valence-corrected chi connectivity index (χ3v) is 3.82. The Bertz CT molecular complexity index is 581. The average molecular weight is 334 g/mol. The summed E-state index contributed by atoms with van der Waals surface area (Å²) in [6, 6.07) is 14.5. The van der Waals surface area contributed by atoms with Gasteiger partial charge in [0.05, 0.1) is 0 Å². The molecule has 2 aromatic carbocycles. The third kappa shape index (κ3) is 4.36. The topological polar surface area (TPSA) is 35.2 Å². The zero-order valence-electron chi connectivity index (χ0n) is 11.9. The highest BCUT2D eigenvalue weighted by molar-refractivity contribution is 9.10. The first-order valence-corrected chi connectivity index (χ1v) is 7.56. The molecular formula is C17H20BrNO. The summed E-state index contributed by atoms with van der Waals surface area (Å²) in [5.74, 6) is 0.880. The molecule has 0 saturated carbocycles. The van der Waals surface area contributed by atoms with Crippen molar-refractivity contribution in [3.63, 3.8) is 0 Å². The summed E-state index contributed by atoms with van der Waals surface area (Å²) in [6.45, 7) is 4.68. The van der Waals surface area contributed by atoms with Crippen LogP contribution in [-0.2, 0) is 13.0 Å². The van der Waals surface area contributed by atoms with Crippen molar-refractivity contribution >= 4 is 15.9 Å². The minimum atomic E-state index is 0.137. The molecule has 0 heterocycles. The number of nitrogens with two attached hydrogens (primary N) is 1. The van der Waals surface area contributed by atoms with Crippen LogP contribution in [0.5, 0.6) is 5.75 Å².